The Balaban J connectivity index is 1.70. The minimum absolute atomic E-state index is 0.0127. The predicted molar refractivity (Wildman–Crippen MR) is 113 cm³/mol. The molecule has 2 aromatic rings. The summed E-state index contributed by atoms with van der Waals surface area (Å²) in [5, 5.41) is 15.1. The van der Waals surface area contributed by atoms with E-state index in [9.17, 15) is 14.7 Å². The van der Waals surface area contributed by atoms with Crippen molar-refractivity contribution in [3.63, 3.8) is 0 Å². The van der Waals surface area contributed by atoms with Gasteiger partial charge in [-0.05, 0) is 47.7 Å². The quantitative estimate of drug-likeness (QED) is 0.638. The lowest BCUT2D eigenvalue weighted by Gasteiger charge is -2.19. The highest BCUT2D eigenvalue weighted by Gasteiger charge is 2.15. The lowest BCUT2D eigenvalue weighted by molar-refractivity contribution is -0.120. The maximum Gasteiger partial charge on any atom is 0.251 e. The molecule has 2 aromatic carbocycles. The summed E-state index contributed by atoms with van der Waals surface area (Å²) in [5.41, 5.74) is 2.71. The van der Waals surface area contributed by atoms with Crippen molar-refractivity contribution >= 4 is 11.8 Å². The van der Waals surface area contributed by atoms with Gasteiger partial charge in [-0.3, -0.25) is 9.59 Å². The molecular weight excluding hydrogens is 368 g/mol. The molecule has 0 aliphatic heterocycles. The number of carbonyl (C=O) groups excluding carboxylic acids is 2. The van der Waals surface area contributed by atoms with Crippen LogP contribution in [-0.4, -0.2) is 42.7 Å². The van der Waals surface area contributed by atoms with Crippen LogP contribution in [0.1, 0.15) is 42.3 Å². The molecule has 0 saturated heterocycles. The van der Waals surface area contributed by atoms with Crippen LogP contribution in [0.2, 0.25) is 0 Å². The van der Waals surface area contributed by atoms with Gasteiger partial charge >= 0.3 is 0 Å². The first-order chi connectivity index (χ1) is 13.6. The zero-order valence-corrected chi connectivity index (χ0v) is 17.5. The van der Waals surface area contributed by atoms with E-state index in [1.54, 1.807) is 12.1 Å². The molecule has 3 N–H and O–H groups in total. The number of amides is 2. The first-order valence-corrected chi connectivity index (χ1v) is 9.68. The molecule has 0 aliphatic carbocycles. The van der Waals surface area contributed by atoms with Crippen molar-refractivity contribution in [2.45, 2.75) is 39.2 Å². The van der Waals surface area contributed by atoms with Crippen LogP contribution in [-0.2, 0) is 10.2 Å². The average Bonchev–Trinajstić information content (AvgIpc) is 2.68. The molecule has 0 heterocycles. The highest BCUT2D eigenvalue weighted by molar-refractivity contribution is 5.96. The Morgan fingerprint density at radius 3 is 2.38 bits per heavy atom. The Morgan fingerprint density at radius 2 is 1.76 bits per heavy atom. The van der Waals surface area contributed by atoms with Gasteiger partial charge in [0, 0.05) is 12.1 Å². The minimum Gasteiger partial charge on any atom is -0.491 e. The van der Waals surface area contributed by atoms with Gasteiger partial charge in [0.05, 0.1) is 6.54 Å². The topological polar surface area (TPSA) is 87.7 Å². The predicted octanol–water partition coefficient (Wildman–Crippen LogP) is 2.58. The van der Waals surface area contributed by atoms with Gasteiger partial charge in [-0.1, -0.05) is 45.0 Å². The first kappa shape index (κ1) is 22.4. The smallest absolute Gasteiger partial charge is 0.251 e. The minimum atomic E-state index is -0.847. The Kier molecular flexibility index (Phi) is 7.79. The van der Waals surface area contributed by atoms with Gasteiger partial charge in [0.1, 0.15) is 18.5 Å². The molecule has 6 nitrogen and oxygen atoms in total. The molecular formula is C23H30N2O4. The summed E-state index contributed by atoms with van der Waals surface area (Å²) >= 11 is 0. The molecule has 6 heteroatoms. The number of aliphatic hydroxyl groups excluding tert-OH is 1. The Hall–Kier alpha value is -2.86. The van der Waals surface area contributed by atoms with Gasteiger partial charge in [0.25, 0.3) is 5.91 Å². The maximum absolute atomic E-state index is 12.2. The van der Waals surface area contributed by atoms with E-state index in [-0.39, 0.29) is 36.9 Å². The fraction of sp³-hybridized carbons (Fsp3) is 0.391. The van der Waals surface area contributed by atoms with Crippen molar-refractivity contribution < 1.29 is 19.4 Å². The molecule has 156 valence electrons. The Labute approximate surface area is 172 Å². The monoisotopic (exact) mass is 398 g/mol. The second-order valence-corrected chi connectivity index (χ2v) is 8.10. The molecule has 0 saturated carbocycles. The van der Waals surface area contributed by atoms with Crippen LogP contribution in [0.4, 0.5) is 0 Å². The normalized spacial score (nSPS) is 12.2. The van der Waals surface area contributed by atoms with Crippen molar-refractivity contribution in [3.8, 4) is 5.75 Å². The van der Waals surface area contributed by atoms with Crippen LogP contribution < -0.4 is 15.4 Å². The van der Waals surface area contributed by atoms with Crippen molar-refractivity contribution in [2.75, 3.05) is 19.7 Å². The fourth-order valence-electron chi connectivity index (χ4n) is 2.63. The van der Waals surface area contributed by atoms with Crippen molar-refractivity contribution in [3.05, 3.63) is 65.2 Å². The molecule has 1 atom stereocenters. The third-order valence-electron chi connectivity index (χ3n) is 4.39. The third-order valence-corrected chi connectivity index (χ3v) is 4.39. The Morgan fingerprint density at radius 1 is 1.07 bits per heavy atom. The number of aliphatic hydroxyl groups is 1. The number of hydrogen-bond donors (Lipinski definition) is 3. The highest BCUT2D eigenvalue weighted by Crippen LogP contribution is 2.22. The van der Waals surface area contributed by atoms with Crippen molar-refractivity contribution in [2.24, 2.45) is 0 Å². The van der Waals surface area contributed by atoms with Gasteiger partial charge in [-0.15, -0.1) is 0 Å². The molecule has 1 unspecified atom stereocenters. The van der Waals surface area contributed by atoms with Gasteiger partial charge in [0.2, 0.25) is 5.91 Å². The van der Waals surface area contributed by atoms with E-state index < -0.39 is 6.10 Å². The van der Waals surface area contributed by atoms with E-state index in [4.69, 9.17) is 4.74 Å². The van der Waals surface area contributed by atoms with E-state index >= 15 is 0 Å². The summed E-state index contributed by atoms with van der Waals surface area (Å²) in [6, 6.07) is 14.8. The van der Waals surface area contributed by atoms with E-state index in [0.717, 1.165) is 11.1 Å². The van der Waals surface area contributed by atoms with Crippen LogP contribution >= 0.6 is 0 Å². The molecule has 0 spiro atoms. The summed E-state index contributed by atoms with van der Waals surface area (Å²) in [7, 11) is 0. The largest absolute Gasteiger partial charge is 0.491 e. The van der Waals surface area contributed by atoms with Gasteiger partial charge in [-0.25, -0.2) is 0 Å². The number of rotatable bonds is 8. The van der Waals surface area contributed by atoms with Crippen LogP contribution in [0.15, 0.2) is 48.5 Å². The molecule has 0 radical (unpaired) electrons. The van der Waals surface area contributed by atoms with Crippen molar-refractivity contribution in [1.82, 2.24) is 10.6 Å². The summed E-state index contributed by atoms with van der Waals surface area (Å²) in [6.45, 7) is 8.21. The van der Waals surface area contributed by atoms with E-state index in [1.807, 2.05) is 43.3 Å². The molecule has 29 heavy (non-hydrogen) atoms. The summed E-state index contributed by atoms with van der Waals surface area (Å²) in [4.78, 5) is 24.1. The van der Waals surface area contributed by atoms with Crippen LogP contribution in [0.3, 0.4) is 0 Å². The SMILES string of the molecule is Cc1cccc(OCC(O)CNC(=O)CNC(=O)c2ccc(C(C)(C)C)cc2)c1. The van der Waals surface area contributed by atoms with Crippen LogP contribution in [0, 0.1) is 6.92 Å². The summed E-state index contributed by atoms with van der Waals surface area (Å²) in [6.07, 6.45) is -0.847. The zero-order chi connectivity index (χ0) is 21.4. The highest BCUT2D eigenvalue weighted by atomic mass is 16.5. The Bertz CT molecular complexity index is 826. The molecule has 2 rings (SSSR count). The van der Waals surface area contributed by atoms with Crippen LogP contribution in [0.25, 0.3) is 0 Å². The van der Waals surface area contributed by atoms with E-state index in [2.05, 4.69) is 31.4 Å². The first-order valence-electron chi connectivity index (χ1n) is 9.68. The standard InChI is InChI=1S/C23H30N2O4/c1-16-6-5-7-20(12-16)29-15-19(26)13-24-21(27)14-25-22(28)17-8-10-18(11-9-17)23(2,3)4/h5-12,19,26H,13-15H2,1-4H3,(H,24,27)(H,25,28). The van der Waals surface area contributed by atoms with Gasteiger partial charge < -0.3 is 20.5 Å². The lowest BCUT2D eigenvalue weighted by atomic mass is 9.87. The van der Waals surface area contributed by atoms with E-state index in [1.165, 1.54) is 0 Å². The fourth-order valence-corrected chi connectivity index (χ4v) is 2.63. The second-order valence-electron chi connectivity index (χ2n) is 8.10. The van der Waals surface area contributed by atoms with Crippen molar-refractivity contribution in [1.29, 1.82) is 0 Å². The average molecular weight is 399 g/mol. The summed E-state index contributed by atoms with van der Waals surface area (Å²) < 4.78 is 5.50. The van der Waals surface area contributed by atoms with Gasteiger partial charge in [-0.2, -0.15) is 0 Å². The lowest BCUT2D eigenvalue weighted by Crippen LogP contribution is -2.41. The second kappa shape index (κ2) is 10.1. The number of carbonyl (C=O) groups is 2. The maximum atomic E-state index is 12.2. The number of benzene rings is 2. The number of ether oxygens (including phenoxy) is 1. The summed E-state index contributed by atoms with van der Waals surface area (Å²) in [5.74, 6) is -0.0247. The number of hydrogen-bond acceptors (Lipinski definition) is 4. The number of aryl methyl sites for hydroxylation is 1. The van der Waals surface area contributed by atoms with E-state index in [0.29, 0.717) is 11.3 Å². The molecule has 2 amide bonds. The molecule has 0 bridgehead atoms. The zero-order valence-electron chi connectivity index (χ0n) is 17.5. The third kappa shape index (κ3) is 7.58. The van der Waals surface area contributed by atoms with Crippen LogP contribution in [0.5, 0.6) is 5.75 Å². The molecule has 0 aliphatic rings. The number of nitrogens with one attached hydrogen (secondary N) is 2. The molecule has 0 aromatic heterocycles. The van der Waals surface area contributed by atoms with Gasteiger partial charge in [0.15, 0.2) is 0 Å². The molecule has 0 fully saturated rings.